The molecule has 0 spiro atoms. The van der Waals surface area contributed by atoms with Crippen LogP contribution in [0, 0.1) is 0 Å². The van der Waals surface area contributed by atoms with Crippen molar-refractivity contribution in [2.75, 3.05) is 12.8 Å². The van der Waals surface area contributed by atoms with E-state index < -0.39 is 5.97 Å². The Morgan fingerprint density at radius 3 is 2.87 bits per heavy atom. The zero-order valence-corrected chi connectivity index (χ0v) is 9.30. The number of nitrogens with zero attached hydrogens (tertiary/aromatic N) is 1. The molecule has 0 aliphatic carbocycles. The fourth-order valence-electron chi connectivity index (χ4n) is 1.91. The first-order valence-electron chi connectivity index (χ1n) is 4.63. The molecule has 2 N–H and O–H groups in total. The zero-order chi connectivity index (χ0) is 11.2. The van der Waals surface area contributed by atoms with Crippen molar-refractivity contribution in [3.63, 3.8) is 0 Å². The summed E-state index contributed by atoms with van der Waals surface area (Å²) in [5.74, 6) is -0.485. The van der Waals surface area contributed by atoms with Crippen molar-refractivity contribution in [2.24, 2.45) is 0 Å². The number of thioether (sulfide) groups is 1. The minimum Gasteiger partial charge on any atom is -0.477 e. The molecule has 1 saturated heterocycles. The number of carboxylic acids is 1. The lowest BCUT2D eigenvalue weighted by molar-refractivity contribution is -0.149. The van der Waals surface area contributed by atoms with Gasteiger partial charge < -0.3 is 10.4 Å². The topological polar surface area (TPSA) is 69.6 Å². The van der Waals surface area contributed by atoms with Crippen molar-refractivity contribution in [2.45, 2.75) is 18.3 Å². The third kappa shape index (κ3) is 1.36. The molecule has 5 nitrogen and oxygen atoms in total. The van der Waals surface area contributed by atoms with E-state index in [2.05, 4.69) is 5.32 Å². The monoisotopic (exact) mass is 228 g/mol. The summed E-state index contributed by atoms with van der Waals surface area (Å²) in [6.07, 6.45) is 0. The molecule has 2 rings (SSSR count). The molecule has 0 aromatic rings. The van der Waals surface area contributed by atoms with Crippen molar-refractivity contribution >= 4 is 23.6 Å². The number of hydrogen-bond acceptors (Lipinski definition) is 4. The van der Waals surface area contributed by atoms with Gasteiger partial charge in [-0.3, -0.25) is 9.69 Å². The maximum absolute atomic E-state index is 11.6. The highest BCUT2D eigenvalue weighted by molar-refractivity contribution is 8.00. The van der Waals surface area contributed by atoms with Crippen LogP contribution < -0.4 is 5.32 Å². The van der Waals surface area contributed by atoms with Crippen LogP contribution in [0.1, 0.15) is 6.92 Å². The maximum Gasteiger partial charge on any atom is 0.352 e. The molecule has 2 heterocycles. The number of carbonyl (C=O) groups excluding carboxylic acids is 1. The van der Waals surface area contributed by atoms with E-state index in [4.69, 9.17) is 5.11 Å². The highest BCUT2D eigenvalue weighted by atomic mass is 32.2. The van der Waals surface area contributed by atoms with Crippen molar-refractivity contribution in [1.29, 1.82) is 0 Å². The number of aliphatic carboxylic acids is 1. The van der Waals surface area contributed by atoms with Gasteiger partial charge in [-0.2, -0.15) is 0 Å². The summed E-state index contributed by atoms with van der Waals surface area (Å²) in [6, 6.07) is -0.238. The van der Waals surface area contributed by atoms with Crippen molar-refractivity contribution in [1.82, 2.24) is 10.2 Å². The summed E-state index contributed by atoms with van der Waals surface area (Å²) in [6.45, 7) is 1.76. The minimum atomic E-state index is -1.01. The lowest BCUT2D eigenvalue weighted by Crippen LogP contribution is -2.69. The number of nitrogens with one attached hydrogen (secondary N) is 1. The molecule has 0 bridgehead atoms. The quantitative estimate of drug-likeness (QED) is 0.643. The standard InChI is InChI=1S/C9H12N2O3S/c1-4-3-15-8-5(10-2)7(12)11(8)6(4)9(13)14/h5,8,10H,3H2,1-2H3,(H,13,14). The van der Waals surface area contributed by atoms with Gasteiger partial charge in [0.15, 0.2) is 0 Å². The fourth-order valence-corrected chi connectivity index (χ4v) is 3.27. The third-order valence-electron chi connectivity index (χ3n) is 2.67. The molecule has 1 amide bonds. The van der Waals surface area contributed by atoms with Crippen LogP contribution in [-0.4, -0.2) is 46.1 Å². The van der Waals surface area contributed by atoms with E-state index in [0.29, 0.717) is 5.75 Å². The van der Waals surface area contributed by atoms with E-state index in [-0.39, 0.29) is 23.0 Å². The first-order valence-corrected chi connectivity index (χ1v) is 5.67. The average molecular weight is 228 g/mol. The van der Waals surface area contributed by atoms with E-state index in [1.807, 2.05) is 0 Å². The van der Waals surface area contributed by atoms with E-state index >= 15 is 0 Å². The Hall–Kier alpha value is -1.01. The predicted octanol–water partition coefficient (Wildman–Crippen LogP) is -0.152. The highest BCUT2D eigenvalue weighted by Gasteiger charge is 2.52. The van der Waals surface area contributed by atoms with E-state index in [1.165, 1.54) is 4.90 Å². The van der Waals surface area contributed by atoms with Gasteiger partial charge in [-0.05, 0) is 19.5 Å². The second-order valence-electron chi connectivity index (χ2n) is 3.61. The van der Waals surface area contributed by atoms with Gasteiger partial charge in [-0.1, -0.05) is 0 Å². The molecule has 2 aliphatic rings. The molecule has 0 aromatic heterocycles. The molecule has 15 heavy (non-hydrogen) atoms. The van der Waals surface area contributed by atoms with Crippen LogP contribution in [0.5, 0.6) is 0 Å². The molecular weight excluding hydrogens is 216 g/mol. The van der Waals surface area contributed by atoms with Gasteiger partial charge in [-0.25, -0.2) is 4.79 Å². The van der Waals surface area contributed by atoms with Crippen LogP contribution in [0.15, 0.2) is 11.3 Å². The van der Waals surface area contributed by atoms with Crippen LogP contribution in [0.3, 0.4) is 0 Å². The molecule has 1 fully saturated rings. The lowest BCUT2D eigenvalue weighted by atomic mass is 10.0. The van der Waals surface area contributed by atoms with Crippen LogP contribution in [0.4, 0.5) is 0 Å². The highest BCUT2D eigenvalue weighted by Crippen LogP contribution is 2.39. The number of β-lactam (4-membered cyclic amide) rings is 1. The summed E-state index contributed by atoms with van der Waals surface area (Å²) >= 11 is 1.60. The Morgan fingerprint density at radius 2 is 2.33 bits per heavy atom. The Kier molecular flexibility index (Phi) is 2.47. The SMILES string of the molecule is CNC1C(=O)N2C(C(=O)O)=C(C)CSC12. The van der Waals surface area contributed by atoms with Gasteiger partial charge in [0.2, 0.25) is 5.91 Å². The van der Waals surface area contributed by atoms with E-state index in [1.54, 1.807) is 25.7 Å². The second-order valence-corrected chi connectivity index (χ2v) is 4.72. The third-order valence-corrected chi connectivity index (χ3v) is 4.10. The fraction of sp³-hybridized carbons (Fsp3) is 0.556. The summed E-state index contributed by atoms with van der Waals surface area (Å²) in [7, 11) is 1.71. The Bertz CT molecular complexity index is 366. The number of carboxylic acid groups (broad SMARTS) is 1. The lowest BCUT2D eigenvalue weighted by Gasteiger charge is -2.49. The molecule has 0 aromatic carbocycles. The van der Waals surface area contributed by atoms with Crippen LogP contribution in [0.2, 0.25) is 0 Å². The largest absolute Gasteiger partial charge is 0.477 e. The molecule has 2 aliphatic heterocycles. The molecular formula is C9H12N2O3S. The molecule has 6 heteroatoms. The predicted molar refractivity (Wildman–Crippen MR) is 56.3 cm³/mol. The minimum absolute atomic E-state index is 0.0581. The number of hydrogen-bond donors (Lipinski definition) is 2. The molecule has 2 unspecified atom stereocenters. The smallest absolute Gasteiger partial charge is 0.352 e. The Labute approximate surface area is 91.5 Å². The summed E-state index contributed by atoms with van der Waals surface area (Å²) < 4.78 is 0. The number of rotatable bonds is 2. The number of carbonyl (C=O) groups is 2. The number of amides is 1. The van der Waals surface area contributed by atoms with Crippen molar-refractivity contribution in [3.8, 4) is 0 Å². The van der Waals surface area contributed by atoms with E-state index in [0.717, 1.165) is 5.57 Å². The van der Waals surface area contributed by atoms with Crippen molar-refractivity contribution < 1.29 is 14.7 Å². The second kappa shape index (κ2) is 3.53. The molecule has 0 saturated carbocycles. The van der Waals surface area contributed by atoms with Gasteiger partial charge in [-0.15, -0.1) is 11.8 Å². The van der Waals surface area contributed by atoms with Crippen LogP contribution in [0.25, 0.3) is 0 Å². The Morgan fingerprint density at radius 1 is 1.67 bits per heavy atom. The summed E-state index contributed by atoms with van der Waals surface area (Å²) in [4.78, 5) is 24.0. The van der Waals surface area contributed by atoms with Gasteiger partial charge in [0.05, 0.1) is 0 Å². The zero-order valence-electron chi connectivity index (χ0n) is 8.48. The van der Waals surface area contributed by atoms with Gasteiger partial charge in [0.1, 0.15) is 17.1 Å². The van der Waals surface area contributed by atoms with Crippen LogP contribution >= 0.6 is 11.8 Å². The van der Waals surface area contributed by atoms with Gasteiger partial charge >= 0.3 is 5.97 Å². The van der Waals surface area contributed by atoms with Gasteiger partial charge in [0, 0.05) is 5.75 Å². The van der Waals surface area contributed by atoms with Crippen molar-refractivity contribution in [3.05, 3.63) is 11.3 Å². The summed E-state index contributed by atoms with van der Waals surface area (Å²) in [5.41, 5.74) is 0.918. The first kappa shape index (κ1) is 10.5. The number of likely N-dealkylation sites (N-methyl/N-ethyl adjacent to an activating group) is 1. The maximum atomic E-state index is 11.6. The number of fused-ring (bicyclic) bond motifs is 1. The van der Waals surface area contributed by atoms with E-state index in [9.17, 15) is 9.59 Å². The molecule has 0 radical (unpaired) electrons. The average Bonchev–Trinajstić information content (AvgIpc) is 2.18. The normalized spacial score (nSPS) is 30.0. The van der Waals surface area contributed by atoms with Crippen LogP contribution in [-0.2, 0) is 9.59 Å². The molecule has 2 atom stereocenters. The molecule has 82 valence electrons. The Balaban J connectivity index is 2.32. The van der Waals surface area contributed by atoms with Gasteiger partial charge in [0.25, 0.3) is 0 Å². The first-order chi connectivity index (χ1) is 7.07. The summed E-state index contributed by atoms with van der Waals surface area (Å²) in [5, 5.41) is 11.9.